The SMILES string of the molecule is C=CCCCC(O)(c1ccccc1)C1CCCN(C(=O)O)C1. The smallest absolute Gasteiger partial charge is 0.407 e. The highest BCUT2D eigenvalue weighted by Gasteiger charge is 2.40. The lowest BCUT2D eigenvalue weighted by Gasteiger charge is -2.42. The molecule has 1 aliphatic heterocycles. The van der Waals surface area contributed by atoms with E-state index in [1.54, 1.807) is 0 Å². The van der Waals surface area contributed by atoms with Crippen LogP contribution in [-0.4, -0.2) is 34.3 Å². The number of benzene rings is 1. The van der Waals surface area contributed by atoms with Gasteiger partial charge in [-0.15, -0.1) is 6.58 Å². The maximum Gasteiger partial charge on any atom is 0.407 e. The van der Waals surface area contributed by atoms with Crippen LogP contribution >= 0.6 is 0 Å². The van der Waals surface area contributed by atoms with Gasteiger partial charge in [0.1, 0.15) is 0 Å². The number of carbonyl (C=O) groups is 1. The Labute approximate surface area is 132 Å². The highest BCUT2D eigenvalue weighted by atomic mass is 16.4. The van der Waals surface area contributed by atoms with Gasteiger partial charge >= 0.3 is 6.09 Å². The highest BCUT2D eigenvalue weighted by molar-refractivity contribution is 5.65. The molecular formula is C18H25NO3. The summed E-state index contributed by atoms with van der Waals surface area (Å²) in [5.74, 6) is -0.0652. The van der Waals surface area contributed by atoms with Gasteiger partial charge in [-0.2, -0.15) is 0 Å². The van der Waals surface area contributed by atoms with Gasteiger partial charge in [0.25, 0.3) is 0 Å². The van der Waals surface area contributed by atoms with Crippen molar-refractivity contribution in [1.82, 2.24) is 4.90 Å². The number of aliphatic hydroxyl groups is 1. The lowest BCUT2D eigenvalue weighted by molar-refractivity contribution is -0.0574. The predicted molar refractivity (Wildman–Crippen MR) is 86.7 cm³/mol. The summed E-state index contributed by atoms with van der Waals surface area (Å²) in [6.45, 7) is 4.69. The zero-order valence-corrected chi connectivity index (χ0v) is 12.9. The average Bonchev–Trinajstić information content (AvgIpc) is 2.56. The van der Waals surface area contributed by atoms with Crippen molar-refractivity contribution in [2.75, 3.05) is 13.1 Å². The Kier molecular flexibility index (Phi) is 5.61. The van der Waals surface area contributed by atoms with Gasteiger partial charge in [-0.1, -0.05) is 36.4 Å². The van der Waals surface area contributed by atoms with Crippen molar-refractivity contribution >= 4 is 6.09 Å². The van der Waals surface area contributed by atoms with Gasteiger partial charge < -0.3 is 15.1 Å². The first-order valence-corrected chi connectivity index (χ1v) is 7.94. The summed E-state index contributed by atoms with van der Waals surface area (Å²) >= 11 is 0. The molecule has 1 fully saturated rings. The minimum Gasteiger partial charge on any atom is -0.465 e. The summed E-state index contributed by atoms with van der Waals surface area (Å²) in [6.07, 6.45) is 4.93. The van der Waals surface area contributed by atoms with E-state index in [2.05, 4.69) is 6.58 Å². The van der Waals surface area contributed by atoms with Crippen LogP contribution < -0.4 is 0 Å². The van der Waals surface area contributed by atoms with Crippen molar-refractivity contribution in [3.05, 3.63) is 48.6 Å². The molecule has 0 bridgehead atoms. The van der Waals surface area contributed by atoms with E-state index in [4.69, 9.17) is 0 Å². The van der Waals surface area contributed by atoms with Gasteiger partial charge in [-0.25, -0.2) is 4.79 Å². The standard InChI is InChI=1S/C18H25NO3/c1-2-3-7-12-18(22,15-9-5-4-6-10-15)16-11-8-13-19(14-16)17(20)21/h2,4-6,9-10,16,22H,1,3,7-8,11-14H2,(H,20,21). The molecule has 0 radical (unpaired) electrons. The van der Waals surface area contributed by atoms with Crippen LogP contribution in [0.2, 0.25) is 0 Å². The van der Waals surface area contributed by atoms with E-state index in [9.17, 15) is 15.0 Å². The number of allylic oxidation sites excluding steroid dienone is 1. The van der Waals surface area contributed by atoms with Crippen molar-refractivity contribution in [3.8, 4) is 0 Å². The number of hydrogen-bond donors (Lipinski definition) is 2. The number of nitrogens with zero attached hydrogens (tertiary/aromatic N) is 1. The number of unbranched alkanes of at least 4 members (excludes halogenated alkanes) is 1. The van der Waals surface area contributed by atoms with E-state index in [0.29, 0.717) is 19.5 Å². The molecule has 2 rings (SSSR count). The molecule has 4 nitrogen and oxygen atoms in total. The maximum absolute atomic E-state index is 11.4. The molecule has 1 aliphatic rings. The molecule has 0 spiro atoms. The fraction of sp³-hybridized carbons (Fsp3) is 0.500. The first kappa shape index (κ1) is 16.6. The summed E-state index contributed by atoms with van der Waals surface area (Å²) in [4.78, 5) is 12.7. The Morgan fingerprint density at radius 1 is 1.41 bits per heavy atom. The molecule has 1 amide bonds. The lowest BCUT2D eigenvalue weighted by atomic mass is 9.74. The third kappa shape index (κ3) is 3.69. The predicted octanol–water partition coefficient (Wildman–Crippen LogP) is 3.62. The molecule has 0 aromatic heterocycles. The molecule has 2 atom stereocenters. The monoisotopic (exact) mass is 303 g/mol. The molecule has 120 valence electrons. The Bertz CT molecular complexity index is 502. The van der Waals surface area contributed by atoms with Crippen LogP contribution in [0.3, 0.4) is 0 Å². The average molecular weight is 303 g/mol. The van der Waals surface area contributed by atoms with Crippen molar-refractivity contribution in [2.45, 2.75) is 37.7 Å². The summed E-state index contributed by atoms with van der Waals surface area (Å²) in [7, 11) is 0. The van der Waals surface area contributed by atoms with E-state index in [0.717, 1.165) is 31.2 Å². The number of amides is 1. The van der Waals surface area contributed by atoms with Crippen molar-refractivity contribution in [2.24, 2.45) is 5.92 Å². The van der Waals surface area contributed by atoms with Crippen LogP contribution in [0.15, 0.2) is 43.0 Å². The topological polar surface area (TPSA) is 60.8 Å². The van der Waals surface area contributed by atoms with Gasteiger partial charge in [0, 0.05) is 19.0 Å². The number of rotatable bonds is 6. The second kappa shape index (κ2) is 7.45. The van der Waals surface area contributed by atoms with Gasteiger partial charge in [0.15, 0.2) is 0 Å². The molecule has 0 aliphatic carbocycles. The molecule has 1 aromatic rings. The fourth-order valence-corrected chi connectivity index (χ4v) is 3.37. The van der Waals surface area contributed by atoms with E-state index in [1.165, 1.54) is 4.90 Å². The van der Waals surface area contributed by atoms with Gasteiger partial charge in [-0.05, 0) is 37.7 Å². The first-order valence-electron chi connectivity index (χ1n) is 7.94. The van der Waals surface area contributed by atoms with Crippen LogP contribution in [0.5, 0.6) is 0 Å². The Hall–Kier alpha value is -1.81. The number of piperidine rings is 1. The Balaban J connectivity index is 2.23. The zero-order valence-electron chi connectivity index (χ0n) is 12.9. The van der Waals surface area contributed by atoms with Crippen LogP contribution in [-0.2, 0) is 5.60 Å². The molecule has 0 saturated carbocycles. The molecule has 1 aromatic carbocycles. The number of hydrogen-bond acceptors (Lipinski definition) is 2. The number of likely N-dealkylation sites (tertiary alicyclic amines) is 1. The van der Waals surface area contributed by atoms with E-state index < -0.39 is 11.7 Å². The zero-order chi connectivity index (χ0) is 16.0. The summed E-state index contributed by atoms with van der Waals surface area (Å²) < 4.78 is 0. The second-order valence-electron chi connectivity index (χ2n) is 6.04. The molecule has 1 saturated heterocycles. The molecule has 2 unspecified atom stereocenters. The van der Waals surface area contributed by atoms with E-state index in [-0.39, 0.29) is 5.92 Å². The van der Waals surface area contributed by atoms with E-state index >= 15 is 0 Å². The van der Waals surface area contributed by atoms with Gasteiger partial charge in [0.2, 0.25) is 0 Å². The maximum atomic E-state index is 11.4. The van der Waals surface area contributed by atoms with Gasteiger partial charge in [0.05, 0.1) is 5.60 Å². The van der Waals surface area contributed by atoms with Crippen molar-refractivity contribution in [3.63, 3.8) is 0 Å². The summed E-state index contributed by atoms with van der Waals surface area (Å²) in [5, 5.41) is 20.6. The highest BCUT2D eigenvalue weighted by Crippen LogP contribution is 2.39. The quantitative estimate of drug-likeness (QED) is 0.623. The Morgan fingerprint density at radius 3 is 2.77 bits per heavy atom. The van der Waals surface area contributed by atoms with E-state index in [1.807, 2.05) is 36.4 Å². The normalized spacial score (nSPS) is 21.1. The lowest BCUT2D eigenvalue weighted by Crippen LogP contribution is -2.47. The van der Waals surface area contributed by atoms with Gasteiger partial charge in [-0.3, -0.25) is 0 Å². The molecule has 4 heteroatoms. The summed E-state index contributed by atoms with van der Waals surface area (Å²) in [6, 6.07) is 9.65. The molecular weight excluding hydrogens is 278 g/mol. The van der Waals surface area contributed by atoms with Crippen LogP contribution in [0.1, 0.15) is 37.7 Å². The Morgan fingerprint density at radius 2 is 2.14 bits per heavy atom. The van der Waals surface area contributed by atoms with Crippen molar-refractivity contribution < 1.29 is 15.0 Å². The third-order valence-corrected chi connectivity index (χ3v) is 4.61. The van der Waals surface area contributed by atoms with Crippen molar-refractivity contribution in [1.29, 1.82) is 0 Å². The second-order valence-corrected chi connectivity index (χ2v) is 6.04. The largest absolute Gasteiger partial charge is 0.465 e. The fourth-order valence-electron chi connectivity index (χ4n) is 3.37. The first-order chi connectivity index (χ1) is 10.6. The molecule has 22 heavy (non-hydrogen) atoms. The third-order valence-electron chi connectivity index (χ3n) is 4.61. The van der Waals surface area contributed by atoms with Crippen LogP contribution in [0, 0.1) is 5.92 Å². The molecule has 1 heterocycles. The van der Waals surface area contributed by atoms with Crippen LogP contribution in [0.4, 0.5) is 4.79 Å². The van der Waals surface area contributed by atoms with Crippen LogP contribution in [0.25, 0.3) is 0 Å². The molecule has 2 N–H and O–H groups in total. The minimum atomic E-state index is -0.974. The summed E-state index contributed by atoms with van der Waals surface area (Å²) in [5.41, 5.74) is -0.0884. The number of carboxylic acid groups (broad SMARTS) is 1. The minimum absolute atomic E-state index is 0.0652.